The van der Waals surface area contributed by atoms with E-state index in [1.165, 1.54) is 22.0 Å². The first-order valence-electron chi connectivity index (χ1n) is 5.18. The molecular weight excluding hydrogens is 184 g/mol. The molecule has 0 saturated carbocycles. The molecule has 0 bridgehead atoms. The third kappa shape index (κ3) is 2.05. The maximum atomic E-state index is 5.86. The van der Waals surface area contributed by atoms with Gasteiger partial charge in [-0.25, -0.2) is 0 Å². The number of hydrogen-bond acceptors (Lipinski definition) is 1. The van der Waals surface area contributed by atoms with Crippen LogP contribution >= 0.6 is 0 Å². The first-order chi connectivity index (χ1) is 7.20. The van der Waals surface area contributed by atoms with E-state index in [0.717, 1.165) is 0 Å². The van der Waals surface area contributed by atoms with E-state index in [4.69, 9.17) is 5.73 Å². The SMILES string of the molecule is C[CH]C(N)[CH]c1c[nH]c2cc(C)ccc12. The zero-order valence-electron chi connectivity index (χ0n) is 9.12. The highest BCUT2D eigenvalue weighted by atomic mass is 14.7. The van der Waals surface area contributed by atoms with Crippen molar-refractivity contribution >= 4 is 10.9 Å². The predicted octanol–water partition coefficient (Wildman–Crippen LogP) is 2.58. The number of benzene rings is 1. The van der Waals surface area contributed by atoms with Crippen molar-refractivity contribution in [2.24, 2.45) is 5.73 Å². The van der Waals surface area contributed by atoms with E-state index in [-0.39, 0.29) is 6.04 Å². The maximum Gasteiger partial charge on any atom is 0.0459 e. The Balaban J connectivity index is 2.36. The van der Waals surface area contributed by atoms with Crippen molar-refractivity contribution in [1.29, 1.82) is 0 Å². The minimum Gasteiger partial charge on any atom is -0.361 e. The van der Waals surface area contributed by atoms with Gasteiger partial charge < -0.3 is 10.7 Å². The second kappa shape index (κ2) is 4.07. The van der Waals surface area contributed by atoms with Gasteiger partial charge in [0.1, 0.15) is 0 Å². The molecule has 78 valence electrons. The number of hydrogen-bond donors (Lipinski definition) is 2. The summed E-state index contributed by atoms with van der Waals surface area (Å²) in [6.07, 6.45) is 6.05. The van der Waals surface area contributed by atoms with Crippen molar-refractivity contribution in [3.05, 3.63) is 48.4 Å². The lowest BCUT2D eigenvalue weighted by Gasteiger charge is -2.06. The van der Waals surface area contributed by atoms with E-state index < -0.39 is 0 Å². The molecule has 0 spiro atoms. The summed E-state index contributed by atoms with van der Waals surface area (Å²) in [4.78, 5) is 3.26. The van der Waals surface area contributed by atoms with Gasteiger partial charge in [-0.2, -0.15) is 0 Å². The van der Waals surface area contributed by atoms with Gasteiger partial charge in [0.25, 0.3) is 0 Å². The molecule has 2 aromatic rings. The lowest BCUT2D eigenvalue weighted by molar-refractivity contribution is 0.891. The van der Waals surface area contributed by atoms with E-state index >= 15 is 0 Å². The molecule has 0 fully saturated rings. The normalized spacial score (nSPS) is 13.3. The van der Waals surface area contributed by atoms with Crippen molar-refractivity contribution in [2.45, 2.75) is 19.9 Å². The summed E-state index contributed by atoms with van der Waals surface area (Å²) in [6, 6.07) is 6.42. The lowest BCUT2D eigenvalue weighted by Crippen LogP contribution is -2.19. The molecule has 2 nitrogen and oxygen atoms in total. The van der Waals surface area contributed by atoms with Crippen molar-refractivity contribution < 1.29 is 0 Å². The number of H-pyrrole nitrogens is 1. The highest BCUT2D eigenvalue weighted by Crippen LogP contribution is 2.21. The quantitative estimate of drug-likeness (QED) is 0.785. The monoisotopic (exact) mass is 200 g/mol. The van der Waals surface area contributed by atoms with Gasteiger partial charge in [0.2, 0.25) is 0 Å². The fourth-order valence-corrected chi connectivity index (χ4v) is 1.70. The molecule has 1 unspecified atom stereocenters. The molecular formula is C13H16N2. The number of fused-ring (bicyclic) bond motifs is 1. The summed E-state index contributed by atoms with van der Waals surface area (Å²) in [5.74, 6) is 0. The molecule has 0 amide bonds. The standard InChI is InChI=1S/C13H16N2/c1-3-11(14)7-10-8-15-13-6-9(2)4-5-12(10)13/h3-8,11,15H,14H2,1-2H3. The van der Waals surface area contributed by atoms with Crippen molar-refractivity contribution in [1.82, 2.24) is 4.98 Å². The Morgan fingerprint density at radius 2 is 2.20 bits per heavy atom. The van der Waals surface area contributed by atoms with Crippen LogP contribution < -0.4 is 5.73 Å². The van der Waals surface area contributed by atoms with Crippen molar-refractivity contribution in [3.8, 4) is 0 Å². The fraction of sp³-hybridized carbons (Fsp3) is 0.231. The summed E-state index contributed by atoms with van der Waals surface area (Å²) in [5, 5.41) is 1.23. The number of aromatic nitrogens is 1. The highest BCUT2D eigenvalue weighted by Gasteiger charge is 2.07. The van der Waals surface area contributed by atoms with Crippen LogP contribution in [0.2, 0.25) is 0 Å². The summed E-state index contributed by atoms with van der Waals surface area (Å²) < 4.78 is 0. The Labute approximate surface area is 90.5 Å². The molecule has 1 heterocycles. The molecule has 2 heteroatoms. The van der Waals surface area contributed by atoms with Crippen LogP contribution in [0.3, 0.4) is 0 Å². The van der Waals surface area contributed by atoms with Crippen LogP contribution in [0.15, 0.2) is 24.4 Å². The van der Waals surface area contributed by atoms with Gasteiger partial charge in [-0.15, -0.1) is 0 Å². The number of rotatable bonds is 3. The first kappa shape index (κ1) is 10.2. The Morgan fingerprint density at radius 1 is 1.40 bits per heavy atom. The molecule has 15 heavy (non-hydrogen) atoms. The molecule has 1 atom stereocenters. The maximum absolute atomic E-state index is 5.86. The largest absolute Gasteiger partial charge is 0.361 e. The van der Waals surface area contributed by atoms with E-state index in [9.17, 15) is 0 Å². The van der Waals surface area contributed by atoms with Crippen molar-refractivity contribution in [2.75, 3.05) is 0 Å². The van der Waals surface area contributed by atoms with Gasteiger partial charge in [0.05, 0.1) is 0 Å². The Bertz CT molecular complexity index is 457. The lowest BCUT2D eigenvalue weighted by atomic mass is 10.0. The highest BCUT2D eigenvalue weighted by molar-refractivity contribution is 5.85. The van der Waals surface area contributed by atoms with Crippen LogP contribution in [0, 0.1) is 19.8 Å². The van der Waals surface area contributed by atoms with E-state index in [0.29, 0.717) is 0 Å². The Kier molecular flexibility index (Phi) is 2.78. The van der Waals surface area contributed by atoms with Gasteiger partial charge in [-0.3, -0.25) is 0 Å². The van der Waals surface area contributed by atoms with Crippen LogP contribution in [-0.4, -0.2) is 11.0 Å². The van der Waals surface area contributed by atoms with Gasteiger partial charge in [0.15, 0.2) is 0 Å². The van der Waals surface area contributed by atoms with Gasteiger partial charge in [0, 0.05) is 29.6 Å². The van der Waals surface area contributed by atoms with Gasteiger partial charge in [-0.1, -0.05) is 19.1 Å². The molecule has 0 aliphatic heterocycles. The van der Waals surface area contributed by atoms with Crippen LogP contribution in [0.25, 0.3) is 10.9 Å². The molecule has 3 N–H and O–H groups in total. The van der Waals surface area contributed by atoms with Gasteiger partial charge in [-0.05, 0) is 30.5 Å². The van der Waals surface area contributed by atoms with E-state index in [1.54, 1.807) is 0 Å². The zero-order valence-corrected chi connectivity index (χ0v) is 9.12. The minimum absolute atomic E-state index is 0.0188. The number of aryl methyl sites for hydroxylation is 1. The number of aromatic amines is 1. The third-order valence-corrected chi connectivity index (χ3v) is 2.63. The summed E-state index contributed by atoms with van der Waals surface area (Å²) in [7, 11) is 0. The topological polar surface area (TPSA) is 41.8 Å². The first-order valence-corrected chi connectivity index (χ1v) is 5.18. The number of nitrogens with two attached hydrogens (primary N) is 1. The number of nitrogens with one attached hydrogen (secondary N) is 1. The Hall–Kier alpha value is -1.28. The van der Waals surface area contributed by atoms with Crippen LogP contribution in [-0.2, 0) is 0 Å². The molecule has 1 aromatic carbocycles. The molecule has 0 saturated heterocycles. The second-order valence-electron chi connectivity index (χ2n) is 3.87. The molecule has 2 rings (SSSR count). The van der Waals surface area contributed by atoms with Crippen molar-refractivity contribution in [3.63, 3.8) is 0 Å². The van der Waals surface area contributed by atoms with E-state index in [1.807, 2.05) is 19.5 Å². The molecule has 0 aliphatic rings. The summed E-state index contributed by atoms with van der Waals surface area (Å²) >= 11 is 0. The van der Waals surface area contributed by atoms with Crippen LogP contribution in [0.5, 0.6) is 0 Å². The fourth-order valence-electron chi connectivity index (χ4n) is 1.70. The Morgan fingerprint density at radius 3 is 2.93 bits per heavy atom. The second-order valence-corrected chi connectivity index (χ2v) is 3.87. The molecule has 1 aromatic heterocycles. The summed E-state index contributed by atoms with van der Waals surface area (Å²) in [6.45, 7) is 4.06. The predicted molar refractivity (Wildman–Crippen MR) is 64.4 cm³/mol. The van der Waals surface area contributed by atoms with E-state index in [2.05, 4.69) is 36.5 Å². The van der Waals surface area contributed by atoms with Gasteiger partial charge >= 0.3 is 0 Å². The summed E-state index contributed by atoms with van der Waals surface area (Å²) in [5.41, 5.74) is 9.47. The third-order valence-electron chi connectivity index (χ3n) is 2.63. The smallest absolute Gasteiger partial charge is 0.0459 e. The van der Waals surface area contributed by atoms with Crippen LogP contribution in [0.4, 0.5) is 0 Å². The van der Waals surface area contributed by atoms with Crippen LogP contribution in [0.1, 0.15) is 18.1 Å². The molecule has 0 aliphatic carbocycles. The minimum atomic E-state index is 0.0188. The zero-order chi connectivity index (χ0) is 10.8. The average molecular weight is 200 g/mol. The molecule has 2 radical (unpaired) electrons. The average Bonchev–Trinajstić information content (AvgIpc) is 2.60.